The molecule has 0 aliphatic carbocycles. The molecule has 0 bridgehead atoms. The van der Waals surface area contributed by atoms with Gasteiger partial charge >= 0.3 is 0 Å². The maximum atomic E-state index is 2.47. The standard InChI is InChI=1S/C54H33N3S2/c1-2-14-34(15-3-1)55-45-22-10-6-18-39(45)53-47(55)24-12-26-51(53)59-52-27-13-25-48-54(52)40-19-7-11-23-46(40)57(48)36-29-31-50-42(33-36)41-32-35(28-30-49(41)58-50)56-43-20-8-4-16-37(43)38-17-5-9-21-44(38)56/h1-33H. The molecule has 4 heterocycles. The molecule has 5 heteroatoms. The van der Waals surface area contributed by atoms with Crippen molar-refractivity contribution < 1.29 is 0 Å². The van der Waals surface area contributed by atoms with Gasteiger partial charge in [-0.1, -0.05) is 115 Å². The van der Waals surface area contributed by atoms with Gasteiger partial charge in [0.15, 0.2) is 0 Å². The summed E-state index contributed by atoms with van der Waals surface area (Å²) in [5, 5.41) is 10.2. The largest absolute Gasteiger partial charge is 0.309 e. The van der Waals surface area contributed by atoms with E-state index in [2.05, 4.69) is 214 Å². The van der Waals surface area contributed by atoms with E-state index < -0.39 is 0 Å². The van der Waals surface area contributed by atoms with Crippen LogP contribution in [0.4, 0.5) is 0 Å². The maximum Gasteiger partial charge on any atom is 0.0552 e. The predicted octanol–water partition coefficient (Wildman–Crippen LogP) is 15.5. The van der Waals surface area contributed by atoms with E-state index in [1.807, 2.05) is 23.1 Å². The number of thiophene rings is 1. The third-order valence-electron chi connectivity index (χ3n) is 12.1. The summed E-state index contributed by atoms with van der Waals surface area (Å²) in [6, 6.07) is 73.5. The Morgan fingerprint density at radius 2 is 0.678 bits per heavy atom. The Hall–Kier alpha value is -7.05. The average molecular weight is 788 g/mol. The van der Waals surface area contributed by atoms with Crippen molar-refractivity contribution in [3.63, 3.8) is 0 Å². The number of hydrogen-bond acceptors (Lipinski definition) is 2. The van der Waals surface area contributed by atoms with E-state index in [9.17, 15) is 0 Å². The Morgan fingerprint density at radius 3 is 1.19 bits per heavy atom. The highest BCUT2D eigenvalue weighted by molar-refractivity contribution is 7.99. The lowest BCUT2D eigenvalue weighted by molar-refractivity contribution is 1.18. The minimum absolute atomic E-state index is 1.17. The van der Waals surface area contributed by atoms with Gasteiger partial charge in [0.05, 0.1) is 33.1 Å². The molecule has 13 aromatic rings. The van der Waals surface area contributed by atoms with E-state index >= 15 is 0 Å². The fourth-order valence-electron chi connectivity index (χ4n) is 9.63. The molecule has 59 heavy (non-hydrogen) atoms. The van der Waals surface area contributed by atoms with Gasteiger partial charge in [-0.25, -0.2) is 0 Å². The smallest absolute Gasteiger partial charge is 0.0552 e. The normalized spacial score (nSPS) is 12.1. The molecule has 13 rings (SSSR count). The van der Waals surface area contributed by atoms with Crippen molar-refractivity contribution >= 4 is 109 Å². The van der Waals surface area contributed by atoms with Crippen molar-refractivity contribution in [3.05, 3.63) is 200 Å². The van der Waals surface area contributed by atoms with Crippen molar-refractivity contribution in [1.82, 2.24) is 13.7 Å². The van der Waals surface area contributed by atoms with Crippen molar-refractivity contribution in [1.29, 1.82) is 0 Å². The number of rotatable bonds is 5. The minimum Gasteiger partial charge on any atom is -0.309 e. The van der Waals surface area contributed by atoms with E-state index in [1.165, 1.54) is 112 Å². The van der Waals surface area contributed by atoms with Gasteiger partial charge in [-0.15, -0.1) is 11.3 Å². The van der Waals surface area contributed by atoms with Crippen LogP contribution in [0.25, 0.3) is 103 Å². The molecule has 276 valence electrons. The third-order valence-corrected chi connectivity index (χ3v) is 14.4. The summed E-state index contributed by atoms with van der Waals surface area (Å²) < 4.78 is 9.88. The molecule has 0 saturated heterocycles. The van der Waals surface area contributed by atoms with E-state index in [4.69, 9.17) is 0 Å². The van der Waals surface area contributed by atoms with E-state index in [0.717, 1.165) is 0 Å². The van der Waals surface area contributed by atoms with Gasteiger partial charge in [-0.05, 0) is 97.1 Å². The molecule has 0 spiro atoms. The quantitative estimate of drug-likeness (QED) is 0.170. The van der Waals surface area contributed by atoms with Crippen LogP contribution in [0.2, 0.25) is 0 Å². The van der Waals surface area contributed by atoms with Crippen molar-refractivity contribution in [3.8, 4) is 17.1 Å². The first-order valence-corrected chi connectivity index (χ1v) is 21.6. The molecular weight excluding hydrogens is 755 g/mol. The second-order valence-corrected chi connectivity index (χ2v) is 17.4. The highest BCUT2D eigenvalue weighted by Crippen LogP contribution is 2.46. The van der Waals surface area contributed by atoms with Gasteiger partial charge in [0.2, 0.25) is 0 Å². The zero-order chi connectivity index (χ0) is 38.6. The number of aromatic nitrogens is 3. The maximum absolute atomic E-state index is 2.47. The summed E-state index contributed by atoms with van der Waals surface area (Å²) in [5.41, 5.74) is 10.8. The number of nitrogens with zero attached hydrogens (tertiary/aromatic N) is 3. The summed E-state index contributed by atoms with van der Waals surface area (Å²) in [5.74, 6) is 0. The number of fused-ring (bicyclic) bond motifs is 12. The van der Waals surface area contributed by atoms with E-state index in [-0.39, 0.29) is 0 Å². The summed E-state index contributed by atoms with van der Waals surface area (Å²) >= 11 is 3.74. The minimum atomic E-state index is 1.17. The molecule has 0 unspecified atom stereocenters. The molecule has 0 radical (unpaired) electrons. The molecule has 0 aliphatic rings. The molecule has 0 fully saturated rings. The SMILES string of the molecule is c1ccc(-n2c3ccccc3c3c(Sc4cccc5c4c4ccccc4n5-c4ccc5sc6ccc(-n7c8ccccc8c8ccccc87)cc6c5c4)cccc32)cc1. The van der Waals surface area contributed by atoms with Gasteiger partial charge in [0.25, 0.3) is 0 Å². The van der Waals surface area contributed by atoms with Crippen LogP contribution in [0.5, 0.6) is 0 Å². The molecule has 0 atom stereocenters. The van der Waals surface area contributed by atoms with Crippen molar-refractivity contribution in [2.45, 2.75) is 9.79 Å². The van der Waals surface area contributed by atoms with Gasteiger partial charge in [-0.3, -0.25) is 0 Å². The topological polar surface area (TPSA) is 14.8 Å². The highest BCUT2D eigenvalue weighted by atomic mass is 32.2. The Kier molecular flexibility index (Phi) is 7.11. The number of benzene rings is 9. The first-order valence-electron chi connectivity index (χ1n) is 20.0. The van der Waals surface area contributed by atoms with Crippen LogP contribution >= 0.6 is 23.1 Å². The van der Waals surface area contributed by atoms with Gasteiger partial charge in [0, 0.05) is 79.3 Å². The Morgan fingerprint density at radius 1 is 0.288 bits per heavy atom. The molecule has 0 amide bonds. The van der Waals surface area contributed by atoms with Crippen molar-refractivity contribution in [2.75, 3.05) is 0 Å². The summed E-state index contributed by atoms with van der Waals surface area (Å²) in [6.45, 7) is 0. The molecular formula is C54H33N3S2. The predicted molar refractivity (Wildman–Crippen MR) is 253 cm³/mol. The van der Waals surface area contributed by atoms with E-state index in [0.29, 0.717) is 0 Å². The highest BCUT2D eigenvalue weighted by Gasteiger charge is 2.20. The second kappa shape index (κ2) is 12.7. The molecule has 0 N–H and O–H groups in total. The molecule has 4 aromatic heterocycles. The summed E-state index contributed by atoms with van der Waals surface area (Å²) in [6.07, 6.45) is 0. The lowest BCUT2D eigenvalue weighted by Crippen LogP contribution is -1.94. The van der Waals surface area contributed by atoms with Crippen LogP contribution in [-0.2, 0) is 0 Å². The zero-order valence-electron chi connectivity index (χ0n) is 31.7. The molecule has 3 nitrogen and oxygen atoms in total. The monoisotopic (exact) mass is 787 g/mol. The van der Waals surface area contributed by atoms with Gasteiger partial charge < -0.3 is 13.7 Å². The summed E-state index contributed by atoms with van der Waals surface area (Å²) in [4.78, 5) is 2.50. The lowest BCUT2D eigenvalue weighted by Gasteiger charge is -2.10. The lowest BCUT2D eigenvalue weighted by atomic mass is 10.1. The van der Waals surface area contributed by atoms with Crippen LogP contribution in [0.15, 0.2) is 210 Å². The number of hydrogen-bond donors (Lipinski definition) is 0. The molecule has 9 aromatic carbocycles. The zero-order valence-corrected chi connectivity index (χ0v) is 33.3. The first-order chi connectivity index (χ1) is 29.3. The average Bonchev–Trinajstić information content (AvgIpc) is 4.03. The van der Waals surface area contributed by atoms with Crippen LogP contribution < -0.4 is 0 Å². The van der Waals surface area contributed by atoms with Gasteiger partial charge in [-0.2, -0.15) is 0 Å². The fraction of sp³-hybridized carbons (Fsp3) is 0. The van der Waals surface area contributed by atoms with Crippen LogP contribution in [0.1, 0.15) is 0 Å². The molecule has 0 aliphatic heterocycles. The fourth-order valence-corrected chi connectivity index (χ4v) is 11.9. The van der Waals surface area contributed by atoms with E-state index in [1.54, 1.807) is 0 Å². The number of para-hydroxylation sites is 5. The van der Waals surface area contributed by atoms with Crippen LogP contribution in [0.3, 0.4) is 0 Å². The van der Waals surface area contributed by atoms with Crippen molar-refractivity contribution in [2.24, 2.45) is 0 Å². The van der Waals surface area contributed by atoms with Crippen LogP contribution in [-0.4, -0.2) is 13.7 Å². The Bertz CT molecular complexity index is 3770. The second-order valence-electron chi connectivity index (χ2n) is 15.3. The Balaban J connectivity index is 0.990. The third kappa shape index (κ3) is 4.83. The molecule has 0 saturated carbocycles. The Labute approximate surface area is 347 Å². The first kappa shape index (κ1) is 33.0. The summed E-state index contributed by atoms with van der Waals surface area (Å²) in [7, 11) is 0. The van der Waals surface area contributed by atoms with Crippen LogP contribution in [0, 0.1) is 0 Å². The van der Waals surface area contributed by atoms with Gasteiger partial charge in [0.1, 0.15) is 0 Å².